The molecule has 0 aromatic rings. The minimum absolute atomic E-state index is 0.304. The van der Waals surface area contributed by atoms with E-state index < -0.39 is 22.0 Å². The predicted molar refractivity (Wildman–Crippen MR) is 89.4 cm³/mol. The fraction of sp³-hybridized carbons (Fsp3) is 0.938. The van der Waals surface area contributed by atoms with Crippen molar-refractivity contribution in [3.8, 4) is 0 Å². The monoisotopic (exact) mass is 363 g/mol. The summed E-state index contributed by atoms with van der Waals surface area (Å²) < 4.78 is 42.1. The van der Waals surface area contributed by atoms with Crippen LogP contribution in [0.5, 0.6) is 0 Å². The molecule has 7 nitrogen and oxygen atoms in total. The summed E-state index contributed by atoms with van der Waals surface area (Å²) in [5, 5.41) is 0. The van der Waals surface area contributed by atoms with Crippen LogP contribution in [-0.2, 0) is 24.4 Å². The fourth-order valence-corrected chi connectivity index (χ4v) is 4.12. The van der Waals surface area contributed by atoms with Gasteiger partial charge in [0.05, 0.1) is 13.2 Å². The van der Waals surface area contributed by atoms with Gasteiger partial charge in [0.2, 0.25) is 0 Å². The van der Waals surface area contributed by atoms with E-state index in [0.29, 0.717) is 45.2 Å². The van der Waals surface area contributed by atoms with Gasteiger partial charge in [-0.2, -0.15) is 8.42 Å². The van der Waals surface area contributed by atoms with Gasteiger partial charge in [0.15, 0.2) is 0 Å². The van der Waals surface area contributed by atoms with Crippen molar-refractivity contribution in [2.75, 3.05) is 38.6 Å². The van der Waals surface area contributed by atoms with Crippen molar-refractivity contribution >= 4 is 16.1 Å². The highest BCUT2D eigenvalue weighted by Gasteiger charge is 2.25. The first-order valence-corrected chi connectivity index (χ1v) is 10.5. The normalized spacial score (nSPS) is 22.2. The first-order chi connectivity index (χ1) is 11.4. The number of morpholine rings is 1. The Morgan fingerprint density at radius 1 is 1.21 bits per heavy atom. The van der Waals surface area contributed by atoms with E-state index in [4.69, 9.17) is 14.0 Å². The number of rotatable bonds is 8. The van der Waals surface area contributed by atoms with Crippen LogP contribution in [0.15, 0.2) is 0 Å². The number of esters is 1. The van der Waals surface area contributed by atoms with Crippen LogP contribution in [0, 0.1) is 5.92 Å². The number of hydrogen-bond donors (Lipinski definition) is 1. The van der Waals surface area contributed by atoms with Crippen LogP contribution >= 0.6 is 0 Å². The van der Waals surface area contributed by atoms with Gasteiger partial charge in [-0.25, -0.2) is 0 Å². The van der Waals surface area contributed by atoms with E-state index in [0.717, 1.165) is 19.3 Å². The minimum atomic E-state index is -4.19. The summed E-state index contributed by atoms with van der Waals surface area (Å²) >= 11 is 0. The zero-order valence-corrected chi connectivity index (χ0v) is 15.0. The molecule has 8 heteroatoms. The molecule has 0 aromatic carbocycles. The number of hydrogen-bond acceptors (Lipinski definition) is 6. The molecule has 0 aromatic heterocycles. The standard InChI is InChI=1S/C16H29NO6S/c18-16(7-6-14-4-2-1-3-5-14)23-15(13-24(19,20)21)12-17-8-10-22-11-9-17/h14-15H,1-13H2,(H,19,20,21). The fourth-order valence-electron chi connectivity index (χ4n) is 3.47. The minimum Gasteiger partial charge on any atom is -0.460 e. The lowest BCUT2D eigenvalue weighted by Gasteiger charge is -2.30. The Morgan fingerprint density at radius 3 is 2.50 bits per heavy atom. The molecule has 1 unspecified atom stereocenters. The molecule has 0 radical (unpaired) electrons. The SMILES string of the molecule is O=C(CCC1CCCCC1)OC(CN1CCOCC1)CS(=O)(=O)O. The molecule has 24 heavy (non-hydrogen) atoms. The van der Waals surface area contributed by atoms with E-state index in [1.54, 1.807) is 0 Å². The topological polar surface area (TPSA) is 93.1 Å². The van der Waals surface area contributed by atoms with Gasteiger partial charge in [-0.3, -0.25) is 14.2 Å². The lowest BCUT2D eigenvalue weighted by atomic mass is 9.86. The summed E-state index contributed by atoms with van der Waals surface area (Å²) in [5.41, 5.74) is 0. The van der Waals surface area contributed by atoms with Gasteiger partial charge in [-0.05, 0) is 12.3 Å². The van der Waals surface area contributed by atoms with Crippen molar-refractivity contribution in [3.63, 3.8) is 0 Å². The highest BCUT2D eigenvalue weighted by molar-refractivity contribution is 7.85. The first-order valence-electron chi connectivity index (χ1n) is 8.87. The number of nitrogens with zero attached hydrogens (tertiary/aromatic N) is 1. The molecule has 1 aliphatic heterocycles. The molecule has 0 amide bonds. The summed E-state index contributed by atoms with van der Waals surface area (Å²) in [7, 11) is -4.19. The molecule has 0 spiro atoms. The molecule has 1 saturated carbocycles. The molecule has 1 saturated heterocycles. The van der Waals surface area contributed by atoms with Crippen molar-refractivity contribution in [2.24, 2.45) is 5.92 Å². The van der Waals surface area contributed by atoms with Gasteiger partial charge < -0.3 is 9.47 Å². The molecular weight excluding hydrogens is 334 g/mol. The Kier molecular flexibility index (Phi) is 7.93. The van der Waals surface area contributed by atoms with E-state index in [1.807, 2.05) is 4.90 Å². The van der Waals surface area contributed by atoms with Gasteiger partial charge in [-0.15, -0.1) is 0 Å². The van der Waals surface area contributed by atoms with Gasteiger partial charge >= 0.3 is 5.97 Å². The van der Waals surface area contributed by atoms with Crippen LogP contribution < -0.4 is 0 Å². The molecule has 1 N–H and O–H groups in total. The van der Waals surface area contributed by atoms with Crippen LogP contribution in [0.1, 0.15) is 44.9 Å². The van der Waals surface area contributed by atoms with Crippen molar-refractivity contribution in [2.45, 2.75) is 51.0 Å². The molecular formula is C16H29NO6S. The molecule has 1 heterocycles. The van der Waals surface area contributed by atoms with Crippen molar-refractivity contribution in [1.82, 2.24) is 4.90 Å². The Labute approximate surface area is 144 Å². The summed E-state index contributed by atoms with van der Waals surface area (Å²) in [6, 6.07) is 0. The van der Waals surface area contributed by atoms with Crippen molar-refractivity contribution < 1.29 is 27.2 Å². The average Bonchev–Trinajstić information content (AvgIpc) is 2.53. The highest BCUT2D eigenvalue weighted by atomic mass is 32.2. The summed E-state index contributed by atoms with van der Waals surface area (Å²) in [6.45, 7) is 2.80. The number of carbonyl (C=O) groups excluding carboxylic acids is 1. The second-order valence-electron chi connectivity index (χ2n) is 6.82. The first kappa shape index (κ1) is 19.6. The van der Waals surface area contributed by atoms with Crippen molar-refractivity contribution in [1.29, 1.82) is 0 Å². The third kappa shape index (κ3) is 7.92. The van der Waals surface area contributed by atoms with Gasteiger partial charge in [0.25, 0.3) is 10.1 Å². The smallest absolute Gasteiger partial charge is 0.306 e. The maximum Gasteiger partial charge on any atom is 0.306 e. The lowest BCUT2D eigenvalue weighted by molar-refractivity contribution is -0.149. The van der Waals surface area contributed by atoms with Crippen LogP contribution in [0.2, 0.25) is 0 Å². The van der Waals surface area contributed by atoms with E-state index in [9.17, 15) is 13.2 Å². The third-order valence-electron chi connectivity index (χ3n) is 4.74. The second kappa shape index (κ2) is 9.70. The van der Waals surface area contributed by atoms with Crippen LogP contribution in [0.3, 0.4) is 0 Å². The van der Waals surface area contributed by atoms with E-state index >= 15 is 0 Å². The Balaban J connectivity index is 1.80. The molecule has 2 rings (SSSR count). The largest absolute Gasteiger partial charge is 0.460 e. The maximum absolute atomic E-state index is 12.1. The molecule has 1 atom stereocenters. The summed E-state index contributed by atoms with van der Waals surface area (Å²) in [4.78, 5) is 14.1. The maximum atomic E-state index is 12.1. The number of ether oxygens (including phenoxy) is 2. The van der Waals surface area contributed by atoms with Gasteiger partial charge in [-0.1, -0.05) is 32.1 Å². The average molecular weight is 363 g/mol. The van der Waals surface area contributed by atoms with Gasteiger partial charge in [0.1, 0.15) is 11.9 Å². The zero-order valence-electron chi connectivity index (χ0n) is 14.2. The lowest BCUT2D eigenvalue weighted by Crippen LogP contribution is -2.44. The van der Waals surface area contributed by atoms with Gasteiger partial charge in [0, 0.05) is 26.1 Å². The molecule has 140 valence electrons. The van der Waals surface area contributed by atoms with Crippen LogP contribution in [0.25, 0.3) is 0 Å². The Morgan fingerprint density at radius 2 is 1.88 bits per heavy atom. The summed E-state index contributed by atoms with van der Waals surface area (Å²) in [6.07, 6.45) is 6.33. The molecule has 1 aliphatic carbocycles. The Hall–Kier alpha value is -0.700. The van der Waals surface area contributed by atoms with Crippen LogP contribution in [0.4, 0.5) is 0 Å². The zero-order chi connectivity index (χ0) is 17.4. The highest BCUT2D eigenvalue weighted by Crippen LogP contribution is 2.27. The van der Waals surface area contributed by atoms with E-state index in [2.05, 4.69) is 0 Å². The predicted octanol–water partition coefficient (Wildman–Crippen LogP) is 1.48. The Bertz CT molecular complexity index is 483. The molecule has 2 fully saturated rings. The van der Waals surface area contributed by atoms with E-state index in [1.165, 1.54) is 19.3 Å². The number of carbonyl (C=O) groups is 1. The second-order valence-corrected chi connectivity index (χ2v) is 8.31. The molecule has 2 aliphatic rings. The van der Waals surface area contributed by atoms with E-state index in [-0.39, 0.29) is 5.97 Å². The quantitative estimate of drug-likeness (QED) is 0.516. The molecule has 0 bridgehead atoms. The summed E-state index contributed by atoms with van der Waals surface area (Å²) in [5.74, 6) is -0.354. The van der Waals surface area contributed by atoms with Crippen molar-refractivity contribution in [3.05, 3.63) is 0 Å². The van der Waals surface area contributed by atoms with Crippen LogP contribution in [-0.4, -0.2) is 68.5 Å². The third-order valence-corrected chi connectivity index (χ3v) is 5.53.